The van der Waals surface area contributed by atoms with E-state index in [1.807, 2.05) is 6.07 Å². The molecular weight excluding hydrogens is 356 g/mol. The van der Waals surface area contributed by atoms with Crippen LogP contribution >= 0.6 is 0 Å². The second-order valence-electron chi connectivity index (χ2n) is 6.65. The Morgan fingerprint density at radius 2 is 1.71 bits per heavy atom. The third kappa shape index (κ3) is 3.88. The summed E-state index contributed by atoms with van der Waals surface area (Å²) < 4.78 is 5.84. The van der Waals surface area contributed by atoms with Crippen molar-refractivity contribution in [3.05, 3.63) is 54.2 Å². The molecule has 4 rings (SSSR count). The maximum Gasteiger partial charge on any atom is 0.251 e. The highest BCUT2D eigenvalue weighted by Gasteiger charge is 2.25. The Labute approximate surface area is 161 Å². The fourth-order valence-electron chi connectivity index (χ4n) is 3.34. The lowest BCUT2D eigenvalue weighted by Gasteiger charge is -2.29. The van der Waals surface area contributed by atoms with Crippen molar-refractivity contribution in [3.63, 3.8) is 0 Å². The molecule has 1 aromatic carbocycles. The van der Waals surface area contributed by atoms with Crippen molar-refractivity contribution in [2.24, 2.45) is 0 Å². The monoisotopic (exact) mass is 374 g/mol. The second-order valence-corrected chi connectivity index (χ2v) is 6.65. The summed E-state index contributed by atoms with van der Waals surface area (Å²) in [6, 6.07) is 7.39. The lowest BCUT2D eigenvalue weighted by atomic mass is 9.92. The van der Waals surface area contributed by atoms with E-state index in [1.54, 1.807) is 30.6 Å². The molecule has 0 atom stereocenters. The molecule has 28 heavy (non-hydrogen) atoms. The third-order valence-electron chi connectivity index (χ3n) is 4.79. The highest BCUT2D eigenvalue weighted by Crippen LogP contribution is 2.24. The summed E-state index contributed by atoms with van der Waals surface area (Å²) in [5.41, 5.74) is 2.23. The molecule has 0 radical (unpaired) electrons. The van der Waals surface area contributed by atoms with Gasteiger partial charge in [0.05, 0.1) is 11.0 Å². The molecule has 1 saturated carbocycles. The smallest absolute Gasteiger partial charge is 0.251 e. The largest absolute Gasteiger partial charge is 0.472 e. The van der Waals surface area contributed by atoms with Crippen LogP contribution < -0.4 is 10.1 Å². The molecule has 8 heteroatoms. The average Bonchev–Trinajstić information content (AvgIpc) is 2.75. The highest BCUT2D eigenvalue weighted by molar-refractivity contribution is 5.97. The molecule has 1 amide bonds. The molecule has 140 valence electrons. The van der Waals surface area contributed by atoms with Crippen LogP contribution in [0.5, 0.6) is 5.88 Å². The van der Waals surface area contributed by atoms with Crippen LogP contribution in [0, 0.1) is 11.3 Å². The highest BCUT2D eigenvalue weighted by atomic mass is 16.5. The van der Waals surface area contributed by atoms with Gasteiger partial charge in [-0.2, -0.15) is 5.26 Å². The number of amides is 1. The molecule has 8 nitrogen and oxygen atoms in total. The van der Waals surface area contributed by atoms with Crippen LogP contribution in [-0.4, -0.2) is 38.0 Å². The number of carbonyl (C=O) groups is 1. The zero-order valence-corrected chi connectivity index (χ0v) is 15.1. The molecule has 0 bridgehead atoms. The summed E-state index contributed by atoms with van der Waals surface area (Å²) >= 11 is 0. The summed E-state index contributed by atoms with van der Waals surface area (Å²) in [6.45, 7) is 0. The van der Waals surface area contributed by atoms with E-state index >= 15 is 0 Å². The van der Waals surface area contributed by atoms with Crippen molar-refractivity contribution in [3.8, 4) is 11.9 Å². The maximum atomic E-state index is 12.6. The summed E-state index contributed by atoms with van der Waals surface area (Å²) in [5.74, 6) is 0.160. The fraction of sp³-hybridized carbons (Fsp3) is 0.300. The van der Waals surface area contributed by atoms with Gasteiger partial charge >= 0.3 is 0 Å². The van der Waals surface area contributed by atoms with Crippen molar-refractivity contribution in [2.75, 3.05) is 0 Å². The number of hydrogen-bond donors (Lipinski definition) is 1. The fourth-order valence-corrected chi connectivity index (χ4v) is 3.34. The van der Waals surface area contributed by atoms with E-state index in [0.29, 0.717) is 11.1 Å². The van der Waals surface area contributed by atoms with E-state index in [0.717, 1.165) is 31.2 Å². The quantitative estimate of drug-likeness (QED) is 0.746. The van der Waals surface area contributed by atoms with Gasteiger partial charge in [-0.25, -0.2) is 9.97 Å². The van der Waals surface area contributed by atoms with Gasteiger partial charge < -0.3 is 10.1 Å². The normalized spacial score (nSPS) is 19.0. The number of benzene rings is 1. The van der Waals surface area contributed by atoms with Gasteiger partial charge in [-0.1, -0.05) is 0 Å². The first-order chi connectivity index (χ1) is 13.7. The Balaban J connectivity index is 1.33. The van der Waals surface area contributed by atoms with Crippen LogP contribution in [-0.2, 0) is 0 Å². The van der Waals surface area contributed by atoms with Crippen LogP contribution in [0.2, 0.25) is 0 Å². The number of carbonyl (C=O) groups excluding carboxylic acids is 1. The number of ether oxygens (including phenoxy) is 1. The lowest BCUT2D eigenvalue weighted by molar-refractivity contribution is 0.0889. The standard InChI is InChI=1S/C20H18N6O2/c21-12-18-20(25-10-9-24-18)28-15-4-2-14(3-5-15)26-19(27)13-1-6-16-17(11-13)23-8-7-22-16/h1,6-11,14-15H,2-5H2,(H,26,27). The Morgan fingerprint density at radius 1 is 1.00 bits per heavy atom. The zero-order valence-electron chi connectivity index (χ0n) is 15.1. The second kappa shape index (κ2) is 7.96. The van der Waals surface area contributed by atoms with E-state index in [4.69, 9.17) is 10.00 Å². The number of hydrogen-bond acceptors (Lipinski definition) is 7. The van der Waals surface area contributed by atoms with Crippen molar-refractivity contribution in [1.82, 2.24) is 25.3 Å². The van der Waals surface area contributed by atoms with Crippen molar-refractivity contribution in [2.45, 2.75) is 37.8 Å². The van der Waals surface area contributed by atoms with Crippen molar-refractivity contribution >= 4 is 16.9 Å². The molecule has 0 aliphatic heterocycles. The van der Waals surface area contributed by atoms with Crippen LogP contribution in [0.4, 0.5) is 0 Å². The van der Waals surface area contributed by atoms with Crippen LogP contribution in [0.1, 0.15) is 41.7 Å². The van der Waals surface area contributed by atoms with E-state index in [9.17, 15) is 4.79 Å². The van der Waals surface area contributed by atoms with E-state index in [2.05, 4.69) is 25.3 Å². The Kier molecular flexibility index (Phi) is 5.06. The van der Waals surface area contributed by atoms with Gasteiger partial charge in [0.15, 0.2) is 0 Å². The Hall–Kier alpha value is -3.60. The van der Waals surface area contributed by atoms with E-state index < -0.39 is 0 Å². The molecule has 1 fully saturated rings. The number of fused-ring (bicyclic) bond motifs is 1. The summed E-state index contributed by atoms with van der Waals surface area (Å²) in [6.07, 6.45) is 9.33. The van der Waals surface area contributed by atoms with E-state index in [1.165, 1.54) is 12.4 Å². The average molecular weight is 374 g/mol. The molecular formula is C20H18N6O2. The molecule has 1 N–H and O–H groups in total. The van der Waals surface area contributed by atoms with Gasteiger partial charge in [-0.3, -0.25) is 14.8 Å². The van der Waals surface area contributed by atoms with Gasteiger partial charge in [0.2, 0.25) is 5.69 Å². The van der Waals surface area contributed by atoms with Gasteiger partial charge in [0.1, 0.15) is 12.2 Å². The molecule has 1 aliphatic rings. The number of rotatable bonds is 4. The zero-order chi connectivity index (χ0) is 19.3. The minimum atomic E-state index is -0.113. The Morgan fingerprint density at radius 3 is 2.50 bits per heavy atom. The number of nitriles is 1. The predicted molar refractivity (Wildman–Crippen MR) is 100 cm³/mol. The SMILES string of the molecule is N#Cc1nccnc1OC1CCC(NC(=O)c2ccc3nccnc3c2)CC1. The first kappa shape index (κ1) is 17.8. The molecule has 0 unspecified atom stereocenters. The van der Waals surface area contributed by atoms with Gasteiger partial charge in [-0.05, 0) is 43.9 Å². The first-order valence-electron chi connectivity index (χ1n) is 9.12. The third-order valence-corrected chi connectivity index (χ3v) is 4.79. The molecule has 2 aromatic heterocycles. The number of aromatic nitrogens is 4. The minimum Gasteiger partial charge on any atom is -0.472 e. The first-order valence-corrected chi connectivity index (χ1v) is 9.12. The summed E-state index contributed by atoms with van der Waals surface area (Å²) in [4.78, 5) is 29.1. The van der Waals surface area contributed by atoms with Crippen molar-refractivity contribution < 1.29 is 9.53 Å². The molecule has 1 aliphatic carbocycles. The van der Waals surface area contributed by atoms with Crippen LogP contribution in [0.25, 0.3) is 11.0 Å². The molecule has 2 heterocycles. The van der Waals surface area contributed by atoms with Gasteiger partial charge in [0.25, 0.3) is 11.8 Å². The summed E-state index contributed by atoms with van der Waals surface area (Å²) in [5, 5.41) is 12.2. The Bertz CT molecular complexity index is 1040. The number of nitrogens with zero attached hydrogens (tertiary/aromatic N) is 5. The van der Waals surface area contributed by atoms with Crippen molar-refractivity contribution in [1.29, 1.82) is 5.26 Å². The maximum absolute atomic E-state index is 12.6. The van der Waals surface area contributed by atoms with Crippen LogP contribution in [0.3, 0.4) is 0 Å². The molecule has 0 spiro atoms. The van der Waals surface area contributed by atoms with Crippen LogP contribution in [0.15, 0.2) is 43.0 Å². The van der Waals surface area contributed by atoms with E-state index in [-0.39, 0.29) is 29.6 Å². The van der Waals surface area contributed by atoms with Gasteiger partial charge in [0, 0.05) is 36.4 Å². The molecule has 3 aromatic rings. The van der Waals surface area contributed by atoms with Gasteiger partial charge in [-0.15, -0.1) is 0 Å². The summed E-state index contributed by atoms with van der Waals surface area (Å²) in [7, 11) is 0. The topological polar surface area (TPSA) is 114 Å². The lowest BCUT2D eigenvalue weighted by Crippen LogP contribution is -2.39. The molecule has 0 saturated heterocycles. The minimum absolute atomic E-state index is 0.0344. The predicted octanol–water partition coefficient (Wildman–Crippen LogP) is 2.41. The number of nitrogens with one attached hydrogen (secondary N) is 1.